The van der Waals surface area contributed by atoms with Gasteiger partial charge in [-0.15, -0.1) is 0 Å². The summed E-state index contributed by atoms with van der Waals surface area (Å²) < 4.78 is 3.22. The summed E-state index contributed by atoms with van der Waals surface area (Å²) in [7, 11) is 0. The molecule has 1 aromatic carbocycles. The molecule has 0 fully saturated rings. The molecule has 0 unspecified atom stereocenters. The van der Waals surface area contributed by atoms with Gasteiger partial charge in [-0.25, -0.2) is 14.8 Å². The molecule has 8 nitrogen and oxygen atoms in total. The first-order chi connectivity index (χ1) is 13.8. The van der Waals surface area contributed by atoms with E-state index in [0.717, 1.165) is 14.8 Å². The quantitative estimate of drug-likeness (QED) is 0.233. The molecule has 30 heavy (non-hydrogen) atoms. The maximum atomic E-state index is 12.1. The molecule has 166 valence electrons. The molecule has 0 N–H and O–H groups in total. The SMILES string of the molecule is O=C(Cc1cc(CC(=O)N(S)S)c(CC(=O)N(S)S)cc1CC(=O)N(S)S)N(S)S. The van der Waals surface area contributed by atoms with Gasteiger partial charge in [0.1, 0.15) is 0 Å². The molecule has 0 saturated heterocycles. The Kier molecular flexibility index (Phi) is 11.9. The van der Waals surface area contributed by atoms with E-state index >= 15 is 0 Å². The van der Waals surface area contributed by atoms with Crippen molar-refractivity contribution in [3.8, 4) is 0 Å². The molecule has 0 atom stereocenters. The molecule has 0 spiro atoms. The summed E-state index contributed by atoms with van der Waals surface area (Å²) in [5, 5.41) is 0. The number of benzene rings is 1. The average Bonchev–Trinajstić information content (AvgIpc) is 2.63. The Hall–Kier alpha value is -0.100. The zero-order chi connectivity index (χ0) is 23.2. The molecule has 1 aromatic rings. The maximum absolute atomic E-state index is 12.1. The van der Waals surface area contributed by atoms with Crippen molar-refractivity contribution in [2.75, 3.05) is 0 Å². The molecule has 0 saturated carbocycles. The number of rotatable bonds is 8. The Labute approximate surface area is 218 Å². The minimum absolute atomic E-state index is 0.152. The predicted molar refractivity (Wildman–Crippen MR) is 141 cm³/mol. The summed E-state index contributed by atoms with van der Waals surface area (Å²) in [5.74, 6) is -1.86. The van der Waals surface area contributed by atoms with E-state index in [1.54, 1.807) is 12.1 Å². The van der Waals surface area contributed by atoms with Gasteiger partial charge >= 0.3 is 0 Å². The molecular weight excluding hydrogens is 545 g/mol. The van der Waals surface area contributed by atoms with Crippen molar-refractivity contribution in [2.24, 2.45) is 0 Å². The lowest BCUT2D eigenvalue weighted by Gasteiger charge is -2.19. The van der Waals surface area contributed by atoms with Crippen LogP contribution in [0.3, 0.4) is 0 Å². The molecule has 0 aliphatic carbocycles. The third-order valence-corrected chi connectivity index (χ3v) is 5.57. The second kappa shape index (κ2) is 12.8. The number of hydrogen-bond donors (Lipinski definition) is 8. The molecule has 0 aliphatic heterocycles. The number of nitrogens with zero attached hydrogens (tertiary/aromatic N) is 4. The van der Waals surface area contributed by atoms with Crippen LogP contribution in [0.2, 0.25) is 0 Å². The number of thiol groups is 8. The monoisotopic (exact) mass is 562 g/mol. The molecule has 0 bridgehead atoms. The minimum Gasteiger partial charge on any atom is -0.273 e. The second-order valence-electron chi connectivity index (χ2n) is 5.83. The summed E-state index contributed by atoms with van der Waals surface area (Å²) in [6.45, 7) is 0. The van der Waals surface area contributed by atoms with Crippen molar-refractivity contribution in [2.45, 2.75) is 25.7 Å². The van der Waals surface area contributed by atoms with Crippen LogP contribution in [0.4, 0.5) is 0 Å². The number of carbonyl (C=O) groups is 4. The molecule has 0 aromatic heterocycles. The third kappa shape index (κ3) is 8.80. The van der Waals surface area contributed by atoms with Gasteiger partial charge in [-0.2, -0.15) is 0 Å². The molecule has 4 amide bonds. The van der Waals surface area contributed by atoms with Crippen molar-refractivity contribution < 1.29 is 19.2 Å². The molecule has 0 aliphatic rings. The maximum Gasteiger partial charge on any atom is 0.246 e. The molecular formula is C14H18N4O4S8. The van der Waals surface area contributed by atoms with Gasteiger partial charge < -0.3 is 0 Å². The minimum atomic E-state index is -0.466. The van der Waals surface area contributed by atoms with Crippen LogP contribution in [-0.4, -0.2) is 38.5 Å². The molecule has 0 radical (unpaired) electrons. The molecule has 0 heterocycles. The van der Waals surface area contributed by atoms with E-state index < -0.39 is 23.6 Å². The topological polar surface area (TPSA) is 81.2 Å². The highest BCUT2D eigenvalue weighted by Gasteiger charge is 2.21. The Balaban J connectivity index is 3.53. The van der Waals surface area contributed by atoms with Crippen LogP contribution >= 0.6 is 103 Å². The fourth-order valence-electron chi connectivity index (χ4n) is 2.38. The Bertz CT molecular complexity index is 704. The largest absolute Gasteiger partial charge is 0.273 e. The van der Waals surface area contributed by atoms with Crippen molar-refractivity contribution >= 4 is 126 Å². The summed E-state index contributed by atoms with van der Waals surface area (Å²) >= 11 is 30.9. The van der Waals surface area contributed by atoms with Gasteiger partial charge in [-0.3, -0.25) is 19.2 Å². The summed E-state index contributed by atoms with van der Waals surface area (Å²) in [4.78, 5) is 48.6. The van der Waals surface area contributed by atoms with Crippen LogP contribution in [0.5, 0.6) is 0 Å². The zero-order valence-electron chi connectivity index (χ0n) is 15.0. The van der Waals surface area contributed by atoms with E-state index in [-0.39, 0.29) is 25.7 Å². The van der Waals surface area contributed by atoms with E-state index in [1.807, 2.05) is 0 Å². The molecule has 1 rings (SSSR count). The Morgan fingerprint density at radius 2 is 0.633 bits per heavy atom. The van der Waals surface area contributed by atoms with E-state index in [2.05, 4.69) is 103 Å². The van der Waals surface area contributed by atoms with Gasteiger partial charge in [0.25, 0.3) is 0 Å². The van der Waals surface area contributed by atoms with Gasteiger partial charge in [0, 0.05) is 0 Å². The van der Waals surface area contributed by atoms with Gasteiger partial charge in [-0.1, -0.05) is 115 Å². The van der Waals surface area contributed by atoms with Crippen molar-refractivity contribution in [1.82, 2.24) is 14.8 Å². The normalized spacial score (nSPS) is 10.4. The van der Waals surface area contributed by atoms with Crippen molar-refractivity contribution in [1.29, 1.82) is 0 Å². The predicted octanol–water partition coefficient (Wildman–Crippen LogP) is 1.93. The highest BCUT2D eigenvalue weighted by molar-refractivity contribution is 7.95. The Morgan fingerprint density at radius 3 is 0.767 bits per heavy atom. The van der Waals surface area contributed by atoms with Crippen molar-refractivity contribution in [3.05, 3.63) is 34.4 Å². The van der Waals surface area contributed by atoms with Crippen LogP contribution in [0.15, 0.2) is 12.1 Å². The molecule has 16 heteroatoms. The summed E-state index contributed by atoms with van der Waals surface area (Å²) in [6, 6.07) is 3.14. The van der Waals surface area contributed by atoms with E-state index in [0.29, 0.717) is 22.3 Å². The van der Waals surface area contributed by atoms with Gasteiger partial charge in [0.05, 0.1) is 25.7 Å². The fourth-order valence-corrected chi connectivity index (χ4v) is 2.95. The number of amides is 4. The first-order valence-corrected chi connectivity index (χ1v) is 11.0. The van der Waals surface area contributed by atoms with Crippen LogP contribution in [0, 0.1) is 0 Å². The van der Waals surface area contributed by atoms with E-state index in [4.69, 9.17) is 0 Å². The van der Waals surface area contributed by atoms with Gasteiger partial charge in [-0.05, 0) is 22.3 Å². The van der Waals surface area contributed by atoms with Gasteiger partial charge in [0.2, 0.25) is 23.6 Å². The van der Waals surface area contributed by atoms with Crippen LogP contribution in [0.1, 0.15) is 22.3 Å². The fraction of sp³-hybridized carbons (Fsp3) is 0.286. The van der Waals surface area contributed by atoms with Crippen LogP contribution in [0.25, 0.3) is 0 Å². The Morgan fingerprint density at radius 1 is 0.467 bits per heavy atom. The smallest absolute Gasteiger partial charge is 0.246 e. The average molecular weight is 563 g/mol. The van der Waals surface area contributed by atoms with E-state index in [9.17, 15) is 19.2 Å². The number of carbonyl (C=O) groups excluding carboxylic acids is 4. The highest BCUT2D eigenvalue weighted by Crippen LogP contribution is 2.24. The lowest BCUT2D eigenvalue weighted by Crippen LogP contribution is -2.22. The first-order valence-electron chi connectivity index (χ1n) is 7.79. The van der Waals surface area contributed by atoms with Crippen LogP contribution in [-0.2, 0) is 44.9 Å². The lowest BCUT2D eigenvalue weighted by atomic mass is 9.91. The summed E-state index contributed by atoms with van der Waals surface area (Å²) in [6.07, 6.45) is -0.608. The van der Waals surface area contributed by atoms with Gasteiger partial charge in [0.15, 0.2) is 0 Å². The lowest BCUT2D eigenvalue weighted by molar-refractivity contribution is -0.123. The third-order valence-electron chi connectivity index (χ3n) is 3.78. The summed E-state index contributed by atoms with van der Waals surface area (Å²) in [5.41, 5.74) is 1.79. The van der Waals surface area contributed by atoms with Crippen LogP contribution < -0.4 is 0 Å². The number of hydrogen-bond acceptors (Lipinski definition) is 12. The first kappa shape index (κ1) is 27.9. The van der Waals surface area contributed by atoms with Crippen molar-refractivity contribution in [3.63, 3.8) is 0 Å². The zero-order valence-corrected chi connectivity index (χ0v) is 22.1. The van der Waals surface area contributed by atoms with E-state index in [1.165, 1.54) is 0 Å². The second-order valence-corrected chi connectivity index (χ2v) is 10.3. The highest BCUT2D eigenvalue weighted by atomic mass is 32.2. The standard InChI is InChI=1S/C14H18N4O4S8/c19-11(15(23)24)3-7-1-8(4-12(20)16(25)26)10(6-14(22)18(29)30)2-9(7)5-13(21)17(27)28/h1-2,23-30H,3-6H2.